The number of hydrogen-bond donors (Lipinski definition) is 0. The summed E-state index contributed by atoms with van der Waals surface area (Å²) in [5.41, 5.74) is -1.20. The monoisotopic (exact) mass is 215 g/mol. The van der Waals surface area contributed by atoms with E-state index in [1.165, 1.54) is 22.0 Å². The molecule has 0 N–H and O–H groups in total. The van der Waals surface area contributed by atoms with E-state index >= 15 is 0 Å². The molecular weight excluding hydrogens is 212 g/mol. The molecule has 48 valence electrons. The van der Waals surface area contributed by atoms with Gasteiger partial charge in [-0.1, -0.05) is 0 Å². The molecule has 0 aliphatic carbocycles. The summed E-state index contributed by atoms with van der Waals surface area (Å²) in [7, 11) is 0.320. The summed E-state index contributed by atoms with van der Waals surface area (Å²) in [5, 5.41) is 0. The quantitative estimate of drug-likeness (QED) is 0.630. The summed E-state index contributed by atoms with van der Waals surface area (Å²) in [5.74, 6) is 0. The van der Waals surface area contributed by atoms with Gasteiger partial charge in [0.1, 0.15) is 0 Å². The zero-order valence-electron chi connectivity index (χ0n) is 4.51. The van der Waals surface area contributed by atoms with Gasteiger partial charge >= 0.3 is 4.38 Å². The minimum atomic E-state index is -2.54. The molecule has 3 aliphatic rings. The molecule has 1 spiro atoms. The van der Waals surface area contributed by atoms with Gasteiger partial charge in [0.05, 0.1) is 0 Å². The second-order valence-corrected chi connectivity index (χ2v) is 25.0. The largest absolute Gasteiger partial charge is 0.327 e. The van der Waals surface area contributed by atoms with Crippen molar-refractivity contribution in [2.75, 3.05) is 6.26 Å². The maximum absolute atomic E-state index is 11.0. The molecule has 0 amide bonds. The van der Waals surface area contributed by atoms with Crippen LogP contribution >= 0.6 is 28.1 Å². The fourth-order valence-corrected chi connectivity index (χ4v) is 57.4. The van der Waals surface area contributed by atoms with Crippen LogP contribution < -0.4 is 0 Å². The third-order valence-corrected chi connectivity index (χ3v) is 43.2. The summed E-state index contributed by atoms with van der Waals surface area (Å²) in [6, 6.07) is 0. The van der Waals surface area contributed by atoms with Gasteiger partial charge in [-0.15, -0.1) is 0 Å². The average Bonchev–Trinajstić information content (AvgIpc) is 2.40. The van der Waals surface area contributed by atoms with Gasteiger partial charge in [0.25, 0.3) is 5.44 Å². The van der Waals surface area contributed by atoms with Crippen LogP contribution in [0.4, 0.5) is 0 Å². The highest BCUT2D eigenvalue weighted by molar-refractivity contribution is 9.15. The van der Waals surface area contributed by atoms with Gasteiger partial charge < -0.3 is 0 Å². The lowest BCUT2D eigenvalue weighted by atomic mass is 11.8. The van der Waals surface area contributed by atoms with Crippen LogP contribution in [0.1, 0.15) is 0 Å². The number of fused-ring (bicyclic) bond motifs is 1. The van der Waals surface area contributed by atoms with Gasteiger partial charge in [0, 0.05) is 14.1 Å². The van der Waals surface area contributed by atoms with E-state index in [1.807, 2.05) is 0 Å². The van der Waals surface area contributed by atoms with Crippen LogP contribution in [0.5, 0.6) is 0 Å². The number of hydrogen-bond acceptors (Lipinski definition) is 2. The molecule has 0 saturated carbocycles. The maximum Gasteiger partial charge on any atom is 0.327 e. The molecule has 2 nitrogen and oxygen atoms in total. The van der Waals surface area contributed by atoms with Crippen LogP contribution in [0.3, 0.4) is 0 Å². The van der Waals surface area contributed by atoms with Crippen molar-refractivity contribution in [1.29, 1.82) is 0 Å². The van der Waals surface area contributed by atoms with Gasteiger partial charge in [-0.25, -0.2) is 8.42 Å². The summed E-state index contributed by atoms with van der Waals surface area (Å²) >= 11 is 0. The van der Waals surface area contributed by atoms with Crippen molar-refractivity contribution in [3.05, 3.63) is 0 Å². The molecule has 3 rings (SSSR count). The molecule has 0 aromatic rings. The fourth-order valence-electron chi connectivity index (χ4n) is 1.11. The van der Waals surface area contributed by atoms with Gasteiger partial charge in [-0.2, -0.15) is 0 Å². The minimum absolute atomic E-state index is 0.122. The van der Waals surface area contributed by atoms with Gasteiger partial charge in [-0.3, -0.25) is 0 Å². The first-order chi connectivity index (χ1) is 4.05. The third-order valence-electron chi connectivity index (χ3n) is 1.76. The zero-order valence-corrected chi connectivity index (χ0v) is 8.91. The van der Waals surface area contributed by atoms with Crippen molar-refractivity contribution in [3.63, 3.8) is 0 Å². The van der Waals surface area contributed by atoms with E-state index in [0.717, 1.165) is 0 Å². The molecule has 3 aliphatic heterocycles. The standard InChI is InChI=1S/C2H3O2P4S/c1-9(3,4)8-2(6-8)5-7(2)8/h1H3/q+1. The van der Waals surface area contributed by atoms with Crippen LogP contribution in [0.25, 0.3) is 0 Å². The summed E-state index contributed by atoms with van der Waals surface area (Å²) in [4.78, 5) is 0. The Bertz CT molecular complexity index is 416. The first-order valence-corrected chi connectivity index (χ1v) is 12.0. The van der Waals surface area contributed by atoms with Crippen molar-refractivity contribution in [3.8, 4) is 0 Å². The van der Waals surface area contributed by atoms with E-state index in [4.69, 9.17) is 0 Å². The molecular formula is C2H3O2P4S+. The topological polar surface area (TPSA) is 34.1 Å². The molecule has 0 radical (unpaired) electrons. The second-order valence-electron chi connectivity index (χ2n) is 2.37. The molecule has 1 fully saturated rings. The van der Waals surface area contributed by atoms with Crippen LogP contribution in [0, 0.1) is 0 Å². The Morgan fingerprint density at radius 3 is 2.22 bits per heavy atom. The predicted molar refractivity (Wildman–Crippen MR) is 45.3 cm³/mol. The Kier molecular flexibility index (Phi) is 0.704. The molecule has 0 aromatic heterocycles. The molecule has 0 aromatic carbocycles. The van der Waals surface area contributed by atoms with Crippen molar-refractivity contribution >= 4 is 37.5 Å². The maximum atomic E-state index is 11.0. The van der Waals surface area contributed by atoms with Crippen molar-refractivity contribution in [2.24, 2.45) is 0 Å². The molecule has 9 heavy (non-hydrogen) atoms. The van der Waals surface area contributed by atoms with Gasteiger partial charge in [-0.05, 0) is 0 Å². The van der Waals surface area contributed by atoms with Crippen molar-refractivity contribution < 1.29 is 8.42 Å². The third kappa shape index (κ3) is 0.374. The Morgan fingerprint density at radius 1 is 1.67 bits per heavy atom. The van der Waals surface area contributed by atoms with Crippen molar-refractivity contribution in [2.45, 2.75) is 4.38 Å². The van der Waals surface area contributed by atoms with E-state index in [2.05, 4.69) is 0 Å². The molecule has 7 heteroatoms. The van der Waals surface area contributed by atoms with Crippen molar-refractivity contribution in [1.82, 2.24) is 0 Å². The SMILES string of the molecule is CS(=O)(=O)P12=PC13P=[P+]32. The molecule has 1 saturated heterocycles. The molecule has 3 heterocycles. The van der Waals surface area contributed by atoms with E-state index < -0.39 is 14.9 Å². The first kappa shape index (κ1) is 5.87. The highest BCUT2D eigenvalue weighted by atomic mass is 33.1. The Balaban J connectivity index is 2.36. The Hall–Kier alpha value is 1.28. The lowest BCUT2D eigenvalue weighted by molar-refractivity contribution is 0.615. The second kappa shape index (κ2) is 1.08. The Labute approximate surface area is 57.0 Å². The van der Waals surface area contributed by atoms with Gasteiger partial charge in [0.2, 0.25) is 24.2 Å². The van der Waals surface area contributed by atoms with Crippen LogP contribution in [-0.4, -0.2) is 19.1 Å². The van der Waals surface area contributed by atoms with Crippen LogP contribution in [0.15, 0.2) is 0 Å². The lowest BCUT2D eigenvalue weighted by Crippen LogP contribution is -1.83. The zero-order chi connectivity index (χ0) is 6.49. The minimum Gasteiger partial charge on any atom is -0.220 e. The van der Waals surface area contributed by atoms with E-state index in [9.17, 15) is 8.42 Å². The smallest absolute Gasteiger partial charge is 0.220 e. The highest BCUT2D eigenvalue weighted by Crippen LogP contribution is 3.40. The summed E-state index contributed by atoms with van der Waals surface area (Å²) in [6.45, 7) is 0.122. The van der Waals surface area contributed by atoms with Crippen LogP contribution in [-0.2, 0) is 9.46 Å². The highest BCUT2D eigenvalue weighted by Gasteiger charge is 3.11. The Morgan fingerprint density at radius 2 is 2.22 bits per heavy atom. The normalized spacial score (nSPS) is 63.9. The number of rotatable bonds is 1. The predicted octanol–water partition coefficient (Wildman–Crippen LogP) is 2.74. The van der Waals surface area contributed by atoms with Gasteiger partial charge in [0.15, 0.2) is 0 Å². The first-order valence-electron chi connectivity index (χ1n) is 2.42. The molecule has 0 bridgehead atoms. The van der Waals surface area contributed by atoms with E-state index in [-0.39, 0.29) is 6.90 Å². The lowest BCUT2D eigenvalue weighted by Gasteiger charge is -1.80. The van der Waals surface area contributed by atoms with E-state index in [1.54, 1.807) is 0 Å². The fraction of sp³-hybridized carbons (Fsp3) is 1.00. The van der Waals surface area contributed by atoms with E-state index in [0.29, 0.717) is 4.38 Å². The molecule has 3 atom stereocenters. The van der Waals surface area contributed by atoms with Crippen LogP contribution in [0.2, 0.25) is 0 Å². The average molecular weight is 215 g/mol. The summed E-state index contributed by atoms with van der Waals surface area (Å²) in [6.07, 6.45) is 1.44. The molecule has 3 unspecified atom stereocenters. The summed E-state index contributed by atoms with van der Waals surface area (Å²) < 4.78 is 22.6.